The van der Waals surface area contributed by atoms with Crippen molar-refractivity contribution in [3.8, 4) is 11.4 Å². The summed E-state index contributed by atoms with van der Waals surface area (Å²) in [5, 5.41) is 7.79. The molecule has 0 aliphatic carbocycles. The highest BCUT2D eigenvalue weighted by molar-refractivity contribution is 5.57. The first kappa shape index (κ1) is 11.3. The molecule has 2 aromatic rings. The van der Waals surface area contributed by atoms with Crippen LogP contribution in [-0.2, 0) is 6.54 Å². The summed E-state index contributed by atoms with van der Waals surface area (Å²) in [6.07, 6.45) is 7.67. The molecule has 5 nitrogen and oxygen atoms in total. The smallest absolute Gasteiger partial charge is 0.111 e. The summed E-state index contributed by atoms with van der Waals surface area (Å²) in [6, 6.07) is 2.33. The van der Waals surface area contributed by atoms with Gasteiger partial charge in [-0.1, -0.05) is 0 Å². The highest BCUT2D eigenvalue weighted by Crippen LogP contribution is 2.28. The van der Waals surface area contributed by atoms with Crippen LogP contribution < -0.4 is 5.32 Å². The number of rotatable bonds is 3. The lowest BCUT2D eigenvalue weighted by molar-refractivity contribution is 0.620. The van der Waals surface area contributed by atoms with Gasteiger partial charge >= 0.3 is 0 Å². The lowest BCUT2D eigenvalue weighted by atomic mass is 10.1. The molecular weight excluding hydrogens is 226 g/mol. The van der Waals surface area contributed by atoms with Crippen LogP contribution in [0.1, 0.15) is 31.5 Å². The Kier molecular flexibility index (Phi) is 3.06. The lowest BCUT2D eigenvalue weighted by Gasteiger charge is -2.14. The van der Waals surface area contributed by atoms with E-state index in [4.69, 9.17) is 0 Å². The first-order valence-electron chi connectivity index (χ1n) is 6.46. The molecule has 0 spiro atoms. The maximum absolute atomic E-state index is 4.53. The first-order chi connectivity index (χ1) is 8.90. The minimum atomic E-state index is 0.328. The average Bonchev–Trinajstić information content (AvgIpc) is 3.09. The predicted molar refractivity (Wildman–Crippen MR) is 68.9 cm³/mol. The molecule has 18 heavy (non-hydrogen) atoms. The van der Waals surface area contributed by atoms with Crippen molar-refractivity contribution in [1.82, 2.24) is 25.1 Å². The van der Waals surface area contributed by atoms with Gasteiger partial charge in [0.1, 0.15) is 5.69 Å². The van der Waals surface area contributed by atoms with E-state index >= 15 is 0 Å². The van der Waals surface area contributed by atoms with Gasteiger partial charge in [0, 0.05) is 25.1 Å². The topological polar surface area (TPSA) is 55.6 Å². The van der Waals surface area contributed by atoms with Gasteiger partial charge in [0.05, 0.1) is 17.4 Å². The standard InChI is InChI=1S/C13H17N5/c1-2-18-11(5-7-17-18)13-12(15-8-9-16-13)10-4-3-6-14-10/h5,7-10,14H,2-4,6H2,1H3. The molecule has 1 aliphatic rings. The zero-order chi connectivity index (χ0) is 12.4. The molecule has 2 aromatic heterocycles. The minimum absolute atomic E-state index is 0.328. The Labute approximate surface area is 106 Å². The molecule has 1 fully saturated rings. The Morgan fingerprint density at radius 2 is 2.22 bits per heavy atom. The van der Waals surface area contributed by atoms with E-state index in [9.17, 15) is 0 Å². The fourth-order valence-corrected chi connectivity index (χ4v) is 2.50. The van der Waals surface area contributed by atoms with Crippen molar-refractivity contribution in [3.05, 3.63) is 30.4 Å². The molecule has 1 saturated heterocycles. The summed E-state index contributed by atoms with van der Waals surface area (Å²) >= 11 is 0. The minimum Gasteiger partial charge on any atom is -0.309 e. The van der Waals surface area contributed by atoms with Crippen molar-refractivity contribution in [3.63, 3.8) is 0 Å². The van der Waals surface area contributed by atoms with Crippen LogP contribution in [0.4, 0.5) is 0 Å². The Morgan fingerprint density at radius 1 is 1.33 bits per heavy atom. The van der Waals surface area contributed by atoms with Gasteiger partial charge in [-0.3, -0.25) is 14.6 Å². The molecule has 94 valence electrons. The summed E-state index contributed by atoms with van der Waals surface area (Å²) in [5.74, 6) is 0. The molecule has 1 unspecified atom stereocenters. The van der Waals surface area contributed by atoms with Crippen molar-refractivity contribution in [2.24, 2.45) is 0 Å². The molecule has 1 aliphatic heterocycles. The van der Waals surface area contributed by atoms with Crippen molar-refractivity contribution in [1.29, 1.82) is 0 Å². The molecule has 0 saturated carbocycles. The van der Waals surface area contributed by atoms with Crippen LogP contribution in [0.3, 0.4) is 0 Å². The molecule has 3 rings (SSSR count). The Balaban J connectivity index is 2.06. The molecule has 0 radical (unpaired) electrons. The number of aromatic nitrogens is 4. The molecule has 1 N–H and O–H groups in total. The molecule has 0 amide bonds. The summed E-state index contributed by atoms with van der Waals surface area (Å²) in [5.41, 5.74) is 3.05. The zero-order valence-corrected chi connectivity index (χ0v) is 10.5. The van der Waals surface area contributed by atoms with E-state index in [1.807, 2.05) is 16.9 Å². The van der Waals surface area contributed by atoms with Crippen LogP contribution >= 0.6 is 0 Å². The summed E-state index contributed by atoms with van der Waals surface area (Å²) in [6.45, 7) is 3.99. The first-order valence-corrected chi connectivity index (χ1v) is 6.46. The highest BCUT2D eigenvalue weighted by Gasteiger charge is 2.23. The molecule has 5 heteroatoms. The van der Waals surface area contributed by atoms with E-state index in [2.05, 4.69) is 27.3 Å². The van der Waals surface area contributed by atoms with E-state index in [1.54, 1.807) is 12.4 Å². The van der Waals surface area contributed by atoms with E-state index in [0.717, 1.165) is 36.6 Å². The van der Waals surface area contributed by atoms with Gasteiger partial charge < -0.3 is 5.32 Å². The van der Waals surface area contributed by atoms with Crippen molar-refractivity contribution < 1.29 is 0 Å². The van der Waals surface area contributed by atoms with Crippen LogP contribution in [0.5, 0.6) is 0 Å². The number of aryl methyl sites for hydroxylation is 1. The third kappa shape index (κ3) is 1.90. The Bertz CT molecular complexity index is 528. The summed E-state index contributed by atoms with van der Waals surface area (Å²) < 4.78 is 1.96. The van der Waals surface area contributed by atoms with Crippen LogP contribution in [0, 0.1) is 0 Å². The maximum Gasteiger partial charge on any atom is 0.111 e. The SMILES string of the molecule is CCn1nccc1-c1nccnc1C1CCCN1. The third-order valence-electron chi connectivity index (χ3n) is 3.38. The molecule has 0 aromatic carbocycles. The van der Waals surface area contributed by atoms with E-state index in [-0.39, 0.29) is 0 Å². The van der Waals surface area contributed by atoms with Gasteiger partial charge in [-0.05, 0) is 32.4 Å². The van der Waals surface area contributed by atoms with Gasteiger partial charge in [-0.2, -0.15) is 5.10 Å². The van der Waals surface area contributed by atoms with Crippen LogP contribution in [0.2, 0.25) is 0 Å². The van der Waals surface area contributed by atoms with Gasteiger partial charge in [0.2, 0.25) is 0 Å². The van der Waals surface area contributed by atoms with Crippen molar-refractivity contribution >= 4 is 0 Å². The average molecular weight is 243 g/mol. The fraction of sp³-hybridized carbons (Fsp3) is 0.462. The molecule has 3 heterocycles. The summed E-state index contributed by atoms with van der Waals surface area (Å²) in [4.78, 5) is 9.04. The predicted octanol–water partition coefficient (Wildman–Crippen LogP) is 1.78. The quantitative estimate of drug-likeness (QED) is 0.893. The van der Waals surface area contributed by atoms with Gasteiger partial charge in [0.25, 0.3) is 0 Å². The maximum atomic E-state index is 4.53. The fourth-order valence-electron chi connectivity index (χ4n) is 2.50. The molecule has 1 atom stereocenters. The third-order valence-corrected chi connectivity index (χ3v) is 3.38. The number of hydrogen-bond acceptors (Lipinski definition) is 4. The Hall–Kier alpha value is -1.75. The van der Waals surface area contributed by atoms with Crippen molar-refractivity contribution in [2.45, 2.75) is 32.4 Å². The zero-order valence-electron chi connectivity index (χ0n) is 10.5. The monoisotopic (exact) mass is 243 g/mol. The Morgan fingerprint density at radius 3 is 3.00 bits per heavy atom. The molecular formula is C13H17N5. The number of hydrogen-bond donors (Lipinski definition) is 1. The van der Waals surface area contributed by atoms with Crippen molar-refractivity contribution in [2.75, 3.05) is 6.54 Å². The van der Waals surface area contributed by atoms with E-state index < -0.39 is 0 Å². The van der Waals surface area contributed by atoms with E-state index in [1.165, 1.54) is 6.42 Å². The van der Waals surface area contributed by atoms with E-state index in [0.29, 0.717) is 6.04 Å². The number of nitrogens with zero attached hydrogens (tertiary/aromatic N) is 4. The van der Waals surface area contributed by atoms with Gasteiger partial charge in [-0.15, -0.1) is 0 Å². The second kappa shape index (κ2) is 4.86. The normalized spacial score (nSPS) is 19.3. The lowest BCUT2D eigenvalue weighted by Crippen LogP contribution is -2.16. The number of nitrogens with one attached hydrogen (secondary N) is 1. The van der Waals surface area contributed by atoms with Crippen LogP contribution in [-0.4, -0.2) is 26.3 Å². The molecule has 0 bridgehead atoms. The van der Waals surface area contributed by atoms with Gasteiger partial charge in [-0.25, -0.2) is 0 Å². The largest absolute Gasteiger partial charge is 0.309 e. The van der Waals surface area contributed by atoms with Gasteiger partial charge in [0.15, 0.2) is 0 Å². The van der Waals surface area contributed by atoms with Crippen LogP contribution in [0.25, 0.3) is 11.4 Å². The summed E-state index contributed by atoms with van der Waals surface area (Å²) in [7, 11) is 0. The van der Waals surface area contributed by atoms with Crippen LogP contribution in [0.15, 0.2) is 24.7 Å². The second-order valence-electron chi connectivity index (χ2n) is 4.47. The highest BCUT2D eigenvalue weighted by atomic mass is 15.3. The second-order valence-corrected chi connectivity index (χ2v) is 4.47.